The van der Waals surface area contributed by atoms with E-state index < -0.39 is 17.9 Å². The number of hydrogen-bond acceptors (Lipinski definition) is 6. The first kappa shape index (κ1) is 23.9. The minimum atomic E-state index is -0.570. The lowest BCUT2D eigenvalue weighted by Gasteiger charge is -2.06. The molecule has 0 saturated carbocycles. The lowest BCUT2D eigenvalue weighted by molar-refractivity contribution is -0.130. The van der Waals surface area contributed by atoms with E-state index >= 15 is 0 Å². The number of hydrogen-bond donors (Lipinski definition) is 0. The molecule has 6 nitrogen and oxygen atoms in total. The lowest BCUT2D eigenvalue weighted by Crippen LogP contribution is -2.07. The lowest BCUT2D eigenvalue weighted by atomic mass is 10.0. The average Bonchev–Trinajstić information content (AvgIpc) is 2.84. The predicted octanol–water partition coefficient (Wildman–Crippen LogP) is 5.55. The fraction of sp³-hybridized carbons (Fsp3) is 0.0357. The smallest absolute Gasteiger partial charge is 0.338 e. The van der Waals surface area contributed by atoms with Gasteiger partial charge in [-0.15, -0.1) is 0 Å². The van der Waals surface area contributed by atoms with Crippen LogP contribution in [-0.2, 0) is 14.4 Å². The quantitative estimate of drug-likeness (QED) is 0.252. The van der Waals surface area contributed by atoms with Gasteiger partial charge in [-0.2, -0.15) is 0 Å². The maximum absolute atomic E-state index is 12.1. The van der Waals surface area contributed by atoms with E-state index in [1.807, 2.05) is 36.4 Å². The first-order valence-corrected chi connectivity index (χ1v) is 10.3. The van der Waals surface area contributed by atoms with Crippen molar-refractivity contribution < 1.29 is 28.6 Å². The summed E-state index contributed by atoms with van der Waals surface area (Å²) in [7, 11) is 0. The van der Waals surface area contributed by atoms with Gasteiger partial charge in [0.25, 0.3) is 0 Å². The molecule has 0 aliphatic heterocycles. The predicted molar refractivity (Wildman–Crippen MR) is 129 cm³/mol. The van der Waals surface area contributed by atoms with Crippen molar-refractivity contribution >= 4 is 24.0 Å². The number of rotatable bonds is 8. The fourth-order valence-electron chi connectivity index (χ4n) is 2.74. The number of carbonyl (C=O) groups is 3. The average molecular weight is 454 g/mol. The summed E-state index contributed by atoms with van der Waals surface area (Å²) in [5.41, 5.74) is 3.07. The van der Waals surface area contributed by atoms with E-state index in [1.165, 1.54) is 30.3 Å². The minimum absolute atomic E-state index is 0.320. The topological polar surface area (TPSA) is 78.9 Å². The normalized spacial score (nSPS) is 10.4. The Kier molecular flexibility index (Phi) is 7.92. The summed E-state index contributed by atoms with van der Waals surface area (Å²) >= 11 is 0. The largest absolute Gasteiger partial charge is 0.423 e. The second-order valence-electron chi connectivity index (χ2n) is 7.17. The Hall–Kier alpha value is -4.71. The molecule has 0 saturated heterocycles. The zero-order chi connectivity index (χ0) is 24.5. The fourth-order valence-corrected chi connectivity index (χ4v) is 2.74. The highest BCUT2D eigenvalue weighted by Crippen LogP contribution is 2.24. The molecule has 0 amide bonds. The van der Waals surface area contributed by atoms with Crippen molar-refractivity contribution in [3.05, 3.63) is 109 Å². The Labute approximate surface area is 197 Å². The van der Waals surface area contributed by atoms with Crippen LogP contribution in [0.5, 0.6) is 17.2 Å². The first-order valence-electron chi connectivity index (χ1n) is 10.3. The zero-order valence-corrected chi connectivity index (χ0v) is 18.5. The highest BCUT2D eigenvalue weighted by molar-refractivity contribution is 5.89. The van der Waals surface area contributed by atoms with Crippen LogP contribution >= 0.6 is 0 Å². The van der Waals surface area contributed by atoms with E-state index in [1.54, 1.807) is 25.1 Å². The molecular formula is C28H22O6. The van der Waals surface area contributed by atoms with Crippen LogP contribution < -0.4 is 14.2 Å². The van der Waals surface area contributed by atoms with E-state index in [9.17, 15) is 14.4 Å². The van der Waals surface area contributed by atoms with Crippen molar-refractivity contribution in [2.24, 2.45) is 0 Å². The second kappa shape index (κ2) is 11.2. The Morgan fingerprint density at radius 1 is 0.676 bits per heavy atom. The van der Waals surface area contributed by atoms with E-state index in [2.05, 4.69) is 13.2 Å². The van der Waals surface area contributed by atoms with Gasteiger partial charge in [-0.05, 0) is 66.1 Å². The summed E-state index contributed by atoms with van der Waals surface area (Å²) < 4.78 is 15.4. The van der Waals surface area contributed by atoms with Crippen molar-refractivity contribution in [2.45, 2.75) is 6.92 Å². The third-order valence-electron chi connectivity index (χ3n) is 4.50. The summed E-state index contributed by atoms with van der Waals surface area (Å²) in [5, 5.41) is 0. The molecule has 170 valence electrons. The van der Waals surface area contributed by atoms with Gasteiger partial charge in [0.05, 0.1) is 0 Å². The van der Waals surface area contributed by atoms with Crippen LogP contribution in [0.25, 0.3) is 17.2 Å². The van der Waals surface area contributed by atoms with E-state index in [4.69, 9.17) is 14.2 Å². The first-order chi connectivity index (χ1) is 16.3. The number of ether oxygens (including phenoxy) is 3. The van der Waals surface area contributed by atoms with Gasteiger partial charge in [0.1, 0.15) is 17.2 Å². The van der Waals surface area contributed by atoms with Crippen LogP contribution in [-0.4, -0.2) is 17.9 Å². The molecule has 0 unspecified atom stereocenters. The van der Waals surface area contributed by atoms with Crippen molar-refractivity contribution in [3.8, 4) is 28.4 Å². The summed E-state index contributed by atoms with van der Waals surface area (Å²) in [6, 6.07) is 20.8. The van der Waals surface area contributed by atoms with Gasteiger partial charge in [-0.25, -0.2) is 14.4 Å². The summed E-state index contributed by atoms with van der Waals surface area (Å²) in [6.07, 6.45) is 4.03. The molecule has 3 aromatic carbocycles. The van der Waals surface area contributed by atoms with Crippen LogP contribution in [0, 0.1) is 0 Å². The van der Waals surface area contributed by atoms with Crippen LogP contribution in [0.4, 0.5) is 0 Å². The summed E-state index contributed by atoms with van der Waals surface area (Å²) in [6.45, 7) is 8.48. The van der Waals surface area contributed by atoms with Crippen LogP contribution in [0.3, 0.4) is 0 Å². The van der Waals surface area contributed by atoms with Gasteiger partial charge in [-0.3, -0.25) is 0 Å². The molecule has 0 bridgehead atoms. The van der Waals surface area contributed by atoms with Gasteiger partial charge in [0.15, 0.2) is 0 Å². The van der Waals surface area contributed by atoms with Crippen LogP contribution in [0.15, 0.2) is 104 Å². The van der Waals surface area contributed by atoms with Crippen LogP contribution in [0.1, 0.15) is 12.5 Å². The van der Waals surface area contributed by atoms with Gasteiger partial charge in [0.2, 0.25) is 0 Å². The molecular weight excluding hydrogens is 432 g/mol. The Bertz CT molecular complexity index is 1230. The van der Waals surface area contributed by atoms with Crippen molar-refractivity contribution in [3.63, 3.8) is 0 Å². The van der Waals surface area contributed by atoms with Crippen LogP contribution in [0.2, 0.25) is 0 Å². The third-order valence-corrected chi connectivity index (χ3v) is 4.50. The van der Waals surface area contributed by atoms with Gasteiger partial charge in [-0.1, -0.05) is 49.6 Å². The molecule has 0 aliphatic rings. The number of carbonyl (C=O) groups excluding carboxylic acids is 3. The highest BCUT2D eigenvalue weighted by Gasteiger charge is 2.06. The maximum atomic E-state index is 12.1. The standard InChI is InChI=1S/C28H22O6/c1-4-26(29)32-23-14-16-24(17-15-23)33-27(30)18-7-20-5-8-21(9-6-20)22-10-12-25(13-11-22)34-28(31)19(2)3/h4-18H,1-2H2,3H3/b18-7+. The zero-order valence-electron chi connectivity index (χ0n) is 18.5. The van der Waals surface area contributed by atoms with E-state index in [-0.39, 0.29) is 0 Å². The van der Waals surface area contributed by atoms with Crippen molar-refractivity contribution in [2.75, 3.05) is 0 Å². The molecule has 0 heterocycles. The number of benzene rings is 3. The third kappa shape index (κ3) is 6.90. The molecule has 0 radical (unpaired) electrons. The second-order valence-corrected chi connectivity index (χ2v) is 7.17. The molecule has 0 fully saturated rings. The van der Waals surface area contributed by atoms with Gasteiger partial charge < -0.3 is 14.2 Å². The molecule has 0 spiro atoms. The molecule has 34 heavy (non-hydrogen) atoms. The van der Waals surface area contributed by atoms with E-state index in [0.717, 1.165) is 22.8 Å². The summed E-state index contributed by atoms with van der Waals surface area (Å²) in [5.74, 6) is -0.487. The summed E-state index contributed by atoms with van der Waals surface area (Å²) in [4.78, 5) is 34.9. The maximum Gasteiger partial charge on any atom is 0.338 e. The molecule has 3 aromatic rings. The Morgan fingerprint density at radius 3 is 1.62 bits per heavy atom. The monoisotopic (exact) mass is 454 g/mol. The van der Waals surface area contributed by atoms with E-state index in [0.29, 0.717) is 22.8 Å². The molecule has 3 rings (SSSR count). The van der Waals surface area contributed by atoms with Gasteiger partial charge >= 0.3 is 17.9 Å². The Morgan fingerprint density at radius 2 is 1.12 bits per heavy atom. The Balaban J connectivity index is 1.56. The number of esters is 3. The molecule has 0 atom stereocenters. The van der Waals surface area contributed by atoms with Crippen molar-refractivity contribution in [1.29, 1.82) is 0 Å². The molecule has 0 aliphatic carbocycles. The highest BCUT2D eigenvalue weighted by atomic mass is 16.5. The SMILES string of the molecule is C=CC(=O)Oc1ccc(OC(=O)/C=C/c2ccc(-c3ccc(OC(=O)C(=C)C)cc3)cc2)cc1. The molecule has 0 aromatic heterocycles. The van der Waals surface area contributed by atoms with Gasteiger partial charge in [0, 0.05) is 17.7 Å². The minimum Gasteiger partial charge on any atom is -0.423 e. The van der Waals surface area contributed by atoms with Crippen molar-refractivity contribution in [1.82, 2.24) is 0 Å². The molecule has 0 N–H and O–H groups in total. The molecule has 6 heteroatoms.